The van der Waals surface area contributed by atoms with Gasteiger partial charge in [-0.05, 0) is 34.6 Å². The van der Waals surface area contributed by atoms with E-state index in [4.69, 9.17) is 20.5 Å². The van der Waals surface area contributed by atoms with Crippen molar-refractivity contribution in [2.75, 3.05) is 6.61 Å². The van der Waals surface area contributed by atoms with Crippen LogP contribution in [0.15, 0.2) is 11.5 Å². The van der Waals surface area contributed by atoms with E-state index in [0.29, 0.717) is 23.0 Å². The number of allylic oxidation sites excluding steroid dienone is 1. The van der Waals surface area contributed by atoms with Gasteiger partial charge in [0, 0.05) is 11.5 Å². The average molecular weight is 350 g/mol. The molecule has 1 amide bonds. The minimum absolute atomic E-state index is 0.294. The molecule has 0 saturated carbocycles. The van der Waals surface area contributed by atoms with Gasteiger partial charge in [-0.1, -0.05) is 0 Å². The molecular weight excluding hydrogens is 328 g/mol. The van der Waals surface area contributed by atoms with Gasteiger partial charge >= 0.3 is 6.09 Å². The van der Waals surface area contributed by atoms with Crippen LogP contribution in [0.1, 0.15) is 51.4 Å². The van der Waals surface area contributed by atoms with Gasteiger partial charge in [0.1, 0.15) is 22.4 Å². The van der Waals surface area contributed by atoms with Crippen molar-refractivity contribution in [2.24, 2.45) is 5.73 Å². The smallest absolute Gasteiger partial charge is 0.413 e. The Hall–Kier alpha value is -2.11. The molecule has 1 aliphatic rings. The molecule has 130 valence electrons. The predicted octanol–water partition coefficient (Wildman–Crippen LogP) is 3.01. The highest BCUT2D eigenvalue weighted by Crippen LogP contribution is 2.39. The molecule has 1 aromatic rings. The fourth-order valence-electron chi connectivity index (χ4n) is 2.36. The van der Waals surface area contributed by atoms with E-state index in [1.807, 2.05) is 40.7 Å². The molecule has 0 aliphatic carbocycles. The van der Waals surface area contributed by atoms with Crippen molar-refractivity contribution in [2.45, 2.75) is 52.0 Å². The van der Waals surface area contributed by atoms with E-state index in [0.717, 1.165) is 0 Å². The molecule has 0 spiro atoms. The number of carbonyl (C=O) groups is 1. The summed E-state index contributed by atoms with van der Waals surface area (Å²) in [5.74, 6) is 0. The van der Waals surface area contributed by atoms with Crippen molar-refractivity contribution in [1.29, 1.82) is 5.26 Å². The molecule has 1 fully saturated rings. The third-order valence-electron chi connectivity index (χ3n) is 3.40. The minimum Gasteiger partial charge on any atom is -0.444 e. The van der Waals surface area contributed by atoms with Crippen LogP contribution >= 0.6 is 11.3 Å². The zero-order chi connectivity index (χ0) is 18.1. The van der Waals surface area contributed by atoms with Gasteiger partial charge in [-0.15, -0.1) is 11.3 Å². The second-order valence-corrected chi connectivity index (χ2v) is 7.81. The lowest BCUT2D eigenvalue weighted by Gasteiger charge is -2.34. The molecule has 0 aromatic carbocycles. The lowest BCUT2D eigenvalue weighted by molar-refractivity contribution is -0.0626. The highest BCUT2D eigenvalue weighted by atomic mass is 32.1. The van der Waals surface area contributed by atoms with Gasteiger partial charge in [0.2, 0.25) is 0 Å². The molecule has 1 aromatic heterocycles. The van der Waals surface area contributed by atoms with Gasteiger partial charge in [-0.25, -0.2) is 9.78 Å². The maximum Gasteiger partial charge on any atom is 0.413 e. The van der Waals surface area contributed by atoms with Crippen LogP contribution < -0.4 is 5.73 Å². The van der Waals surface area contributed by atoms with Crippen LogP contribution in [-0.4, -0.2) is 33.9 Å². The van der Waals surface area contributed by atoms with Crippen LogP contribution in [0.3, 0.4) is 0 Å². The standard InChI is InChI=1S/C16H22N4O3S/c1-15(2,3)23-14(21)20-12(8-22-16(20,4)5)13-19-11(9-24-13)10(18)6-7-17/h6,9,12H,8,18H2,1-5H3/b10-6+. The molecule has 24 heavy (non-hydrogen) atoms. The number of rotatable bonds is 2. The first-order valence-electron chi connectivity index (χ1n) is 7.52. The quantitative estimate of drug-likeness (QED) is 0.823. The van der Waals surface area contributed by atoms with Crippen LogP contribution in [0.2, 0.25) is 0 Å². The molecular formula is C16H22N4O3S. The molecule has 1 atom stereocenters. The summed E-state index contributed by atoms with van der Waals surface area (Å²) in [6.45, 7) is 9.40. The molecule has 1 saturated heterocycles. The summed E-state index contributed by atoms with van der Waals surface area (Å²) in [5, 5.41) is 11.1. The number of aromatic nitrogens is 1. The molecule has 7 nitrogen and oxygen atoms in total. The largest absolute Gasteiger partial charge is 0.444 e. The number of amides is 1. The van der Waals surface area contributed by atoms with Crippen molar-refractivity contribution in [3.63, 3.8) is 0 Å². The van der Waals surface area contributed by atoms with Crippen LogP contribution in [0.5, 0.6) is 0 Å². The summed E-state index contributed by atoms with van der Waals surface area (Å²) >= 11 is 1.37. The lowest BCUT2D eigenvalue weighted by Crippen LogP contribution is -2.47. The van der Waals surface area contributed by atoms with Gasteiger partial charge in [0.05, 0.1) is 24.1 Å². The number of hydrogen-bond donors (Lipinski definition) is 1. The monoisotopic (exact) mass is 350 g/mol. The maximum absolute atomic E-state index is 12.6. The number of ether oxygens (including phenoxy) is 2. The average Bonchev–Trinajstić information content (AvgIpc) is 3.00. The van der Waals surface area contributed by atoms with Crippen molar-refractivity contribution in [1.82, 2.24) is 9.88 Å². The summed E-state index contributed by atoms with van der Waals surface area (Å²) in [6, 6.07) is 1.52. The number of thiazole rings is 1. The highest BCUT2D eigenvalue weighted by molar-refractivity contribution is 7.09. The van der Waals surface area contributed by atoms with E-state index in [2.05, 4.69) is 4.98 Å². The second kappa shape index (κ2) is 6.42. The predicted molar refractivity (Wildman–Crippen MR) is 90.7 cm³/mol. The molecule has 2 rings (SSSR count). The Bertz CT molecular complexity index is 697. The van der Waals surface area contributed by atoms with Gasteiger partial charge < -0.3 is 15.2 Å². The lowest BCUT2D eigenvalue weighted by atomic mass is 10.2. The number of nitrogens with two attached hydrogens (primary N) is 1. The first-order valence-corrected chi connectivity index (χ1v) is 8.40. The van der Waals surface area contributed by atoms with Gasteiger partial charge in [0.25, 0.3) is 0 Å². The molecule has 8 heteroatoms. The Morgan fingerprint density at radius 3 is 2.88 bits per heavy atom. The number of hydrogen-bond acceptors (Lipinski definition) is 7. The first-order chi connectivity index (χ1) is 11.0. The third kappa shape index (κ3) is 3.86. The molecule has 0 bridgehead atoms. The minimum atomic E-state index is -0.799. The van der Waals surface area contributed by atoms with E-state index in [-0.39, 0.29) is 6.04 Å². The molecule has 1 unspecified atom stereocenters. The van der Waals surface area contributed by atoms with Gasteiger partial charge in [-0.3, -0.25) is 4.90 Å². The van der Waals surface area contributed by atoms with Crippen LogP contribution in [0, 0.1) is 11.3 Å². The maximum atomic E-state index is 12.6. The van der Waals surface area contributed by atoms with E-state index in [1.54, 1.807) is 10.3 Å². The Morgan fingerprint density at radius 2 is 2.29 bits per heavy atom. The Morgan fingerprint density at radius 1 is 1.62 bits per heavy atom. The van der Waals surface area contributed by atoms with E-state index in [9.17, 15) is 4.79 Å². The molecule has 1 aliphatic heterocycles. The zero-order valence-corrected chi connectivity index (χ0v) is 15.3. The topological polar surface area (TPSA) is 101 Å². The summed E-state index contributed by atoms with van der Waals surface area (Å²) in [7, 11) is 0. The SMILES string of the molecule is CC(C)(C)OC(=O)N1C(c2nc(/C(N)=C\C#N)cs2)COC1(C)C. The summed E-state index contributed by atoms with van der Waals surface area (Å²) in [6.07, 6.45) is 0.784. The van der Waals surface area contributed by atoms with Gasteiger partial charge in [-0.2, -0.15) is 5.26 Å². The third-order valence-corrected chi connectivity index (χ3v) is 4.35. The summed E-state index contributed by atoms with van der Waals surface area (Å²) in [4.78, 5) is 18.6. The van der Waals surface area contributed by atoms with Crippen molar-refractivity contribution in [3.8, 4) is 6.07 Å². The Balaban J connectivity index is 2.30. The molecule has 2 heterocycles. The van der Waals surface area contributed by atoms with Crippen molar-refractivity contribution in [3.05, 3.63) is 22.2 Å². The number of carbonyl (C=O) groups excluding carboxylic acids is 1. The Kier molecular flexibility index (Phi) is 4.87. The summed E-state index contributed by atoms with van der Waals surface area (Å²) < 4.78 is 11.3. The molecule has 2 N–H and O–H groups in total. The van der Waals surface area contributed by atoms with E-state index in [1.165, 1.54) is 17.4 Å². The van der Waals surface area contributed by atoms with Crippen LogP contribution in [-0.2, 0) is 9.47 Å². The molecule has 0 radical (unpaired) electrons. The van der Waals surface area contributed by atoms with E-state index < -0.39 is 17.4 Å². The normalized spacial score (nSPS) is 20.8. The zero-order valence-electron chi connectivity index (χ0n) is 14.5. The fourth-order valence-corrected chi connectivity index (χ4v) is 3.26. The highest BCUT2D eigenvalue weighted by Gasteiger charge is 2.47. The van der Waals surface area contributed by atoms with Crippen LogP contribution in [0.25, 0.3) is 5.70 Å². The van der Waals surface area contributed by atoms with Crippen molar-refractivity contribution >= 4 is 23.1 Å². The number of nitrogens with zero attached hydrogens (tertiary/aromatic N) is 3. The van der Waals surface area contributed by atoms with Crippen LogP contribution in [0.4, 0.5) is 4.79 Å². The second-order valence-electron chi connectivity index (χ2n) is 6.92. The fraction of sp³-hybridized carbons (Fsp3) is 0.562. The van der Waals surface area contributed by atoms with E-state index >= 15 is 0 Å². The summed E-state index contributed by atoms with van der Waals surface area (Å²) in [5.41, 5.74) is 5.21. The Labute approximate surface area is 145 Å². The van der Waals surface area contributed by atoms with Gasteiger partial charge in [0.15, 0.2) is 0 Å². The number of nitriles is 1. The first kappa shape index (κ1) is 18.2. The van der Waals surface area contributed by atoms with Crippen molar-refractivity contribution < 1.29 is 14.3 Å².